The first-order valence-electron chi connectivity index (χ1n) is 11.0. The zero-order valence-electron chi connectivity index (χ0n) is 19.2. The summed E-state index contributed by atoms with van der Waals surface area (Å²) in [4.78, 5) is 19.6. The Morgan fingerprint density at radius 2 is 1.65 bits per heavy atom. The number of benzene rings is 2. The minimum Gasteiger partial charge on any atom is -0.493 e. The van der Waals surface area contributed by atoms with Crippen molar-refractivity contribution < 1.29 is 14.3 Å². The maximum Gasteiger partial charge on any atom is 0.239 e. The molecule has 0 aliphatic carbocycles. The third kappa shape index (κ3) is 6.21. The number of piperazine rings is 1. The molecule has 1 fully saturated rings. The predicted molar refractivity (Wildman–Crippen MR) is 124 cm³/mol. The van der Waals surface area contributed by atoms with Gasteiger partial charge in [-0.15, -0.1) is 0 Å². The molecule has 3 rings (SSSR count). The number of methoxy groups -OCH3 is 2. The minimum atomic E-state index is -0.138. The number of ether oxygens (including phenoxy) is 2. The molecule has 1 amide bonds. The van der Waals surface area contributed by atoms with Crippen LogP contribution in [0.1, 0.15) is 18.1 Å². The third-order valence-corrected chi connectivity index (χ3v) is 6.15. The molecule has 6 nitrogen and oxygen atoms in total. The molecule has 168 valence electrons. The molecule has 1 atom stereocenters. The summed E-state index contributed by atoms with van der Waals surface area (Å²) in [5.41, 5.74) is 2.49. The molecule has 1 heterocycles. The third-order valence-electron chi connectivity index (χ3n) is 6.15. The van der Waals surface area contributed by atoms with Crippen LogP contribution in [-0.4, -0.2) is 80.6 Å². The van der Waals surface area contributed by atoms with Crippen LogP contribution in [0.15, 0.2) is 48.5 Å². The molecule has 31 heavy (non-hydrogen) atoms. The van der Waals surface area contributed by atoms with Gasteiger partial charge < -0.3 is 14.4 Å². The predicted octanol–water partition coefficient (Wildman–Crippen LogP) is 2.91. The Bertz CT molecular complexity index is 835. The Kier molecular flexibility index (Phi) is 8.32. The highest BCUT2D eigenvalue weighted by molar-refractivity contribution is 5.81. The first-order chi connectivity index (χ1) is 15.0. The van der Waals surface area contributed by atoms with Gasteiger partial charge in [-0.3, -0.25) is 14.6 Å². The fraction of sp³-hybridized carbons (Fsp3) is 0.480. The smallest absolute Gasteiger partial charge is 0.239 e. The number of amides is 1. The van der Waals surface area contributed by atoms with Gasteiger partial charge in [0.1, 0.15) is 0 Å². The van der Waals surface area contributed by atoms with Crippen LogP contribution in [0.5, 0.6) is 11.5 Å². The van der Waals surface area contributed by atoms with E-state index in [9.17, 15) is 4.79 Å². The van der Waals surface area contributed by atoms with Crippen molar-refractivity contribution in [2.24, 2.45) is 0 Å². The molecule has 0 radical (unpaired) electrons. The molecule has 0 saturated carbocycles. The first kappa shape index (κ1) is 23.1. The van der Waals surface area contributed by atoms with E-state index in [4.69, 9.17) is 9.47 Å². The van der Waals surface area contributed by atoms with E-state index >= 15 is 0 Å². The van der Waals surface area contributed by atoms with E-state index in [-0.39, 0.29) is 11.9 Å². The normalized spacial score (nSPS) is 15.7. The van der Waals surface area contributed by atoms with Crippen LogP contribution in [-0.2, 0) is 17.8 Å². The van der Waals surface area contributed by atoms with Crippen LogP contribution in [0.4, 0.5) is 0 Å². The number of hydrogen-bond donors (Lipinski definition) is 0. The van der Waals surface area contributed by atoms with Gasteiger partial charge in [0, 0.05) is 39.3 Å². The molecule has 0 N–H and O–H groups in total. The van der Waals surface area contributed by atoms with Gasteiger partial charge in [0.2, 0.25) is 5.91 Å². The topological polar surface area (TPSA) is 45.2 Å². The molecule has 0 aromatic heterocycles. The second-order valence-electron chi connectivity index (χ2n) is 8.18. The van der Waals surface area contributed by atoms with E-state index in [0.29, 0.717) is 0 Å². The van der Waals surface area contributed by atoms with Crippen molar-refractivity contribution in [2.45, 2.75) is 25.9 Å². The lowest BCUT2D eigenvalue weighted by atomic mass is 10.1. The van der Waals surface area contributed by atoms with Crippen molar-refractivity contribution in [3.8, 4) is 11.5 Å². The van der Waals surface area contributed by atoms with Crippen LogP contribution in [0.3, 0.4) is 0 Å². The van der Waals surface area contributed by atoms with E-state index in [1.807, 2.05) is 43.1 Å². The van der Waals surface area contributed by atoms with Gasteiger partial charge in [-0.05, 0) is 43.7 Å². The zero-order chi connectivity index (χ0) is 22.2. The summed E-state index contributed by atoms with van der Waals surface area (Å²) in [7, 11) is 5.31. The van der Waals surface area contributed by atoms with Gasteiger partial charge in [0.15, 0.2) is 11.5 Å². The Morgan fingerprint density at radius 1 is 0.968 bits per heavy atom. The van der Waals surface area contributed by atoms with Gasteiger partial charge in [-0.25, -0.2) is 0 Å². The molecule has 0 unspecified atom stereocenters. The number of rotatable bonds is 9. The van der Waals surface area contributed by atoms with Crippen LogP contribution in [0, 0.1) is 0 Å². The lowest BCUT2D eigenvalue weighted by Gasteiger charge is -2.37. The highest BCUT2D eigenvalue weighted by atomic mass is 16.5. The quantitative estimate of drug-likeness (QED) is 0.618. The summed E-state index contributed by atoms with van der Waals surface area (Å²) in [5.74, 6) is 1.68. The fourth-order valence-corrected chi connectivity index (χ4v) is 3.96. The standard InChI is InChI=1S/C25H35N3O3/c1-20(26(2)13-12-21-10-11-23(30-3)24(18-21)31-4)25(29)28-16-14-27(15-17-28)19-22-8-6-5-7-9-22/h5-11,18,20H,12-17,19H2,1-4H3/t20-/m0/s1. The van der Waals surface area contributed by atoms with E-state index in [0.717, 1.165) is 57.2 Å². The van der Waals surface area contributed by atoms with Gasteiger partial charge in [0.25, 0.3) is 0 Å². The Morgan fingerprint density at radius 3 is 2.29 bits per heavy atom. The molecular weight excluding hydrogens is 390 g/mol. The molecule has 0 bridgehead atoms. The van der Waals surface area contributed by atoms with Crippen molar-refractivity contribution >= 4 is 5.91 Å². The largest absolute Gasteiger partial charge is 0.493 e. The minimum absolute atomic E-state index is 0.138. The molecule has 1 saturated heterocycles. The van der Waals surface area contributed by atoms with E-state index in [1.165, 1.54) is 11.1 Å². The van der Waals surface area contributed by atoms with Gasteiger partial charge in [0.05, 0.1) is 20.3 Å². The van der Waals surface area contributed by atoms with Crippen LogP contribution in [0.2, 0.25) is 0 Å². The van der Waals surface area contributed by atoms with Crippen LogP contribution < -0.4 is 9.47 Å². The van der Waals surface area contributed by atoms with Crippen molar-refractivity contribution in [2.75, 3.05) is 54.0 Å². The summed E-state index contributed by atoms with van der Waals surface area (Å²) in [6.07, 6.45) is 0.847. The fourth-order valence-electron chi connectivity index (χ4n) is 3.96. The average Bonchev–Trinajstić information content (AvgIpc) is 2.82. The highest BCUT2D eigenvalue weighted by Crippen LogP contribution is 2.27. The highest BCUT2D eigenvalue weighted by Gasteiger charge is 2.27. The van der Waals surface area contributed by atoms with Gasteiger partial charge in [-0.1, -0.05) is 36.4 Å². The molecule has 2 aromatic carbocycles. The Hall–Kier alpha value is -2.57. The molecule has 1 aliphatic rings. The lowest BCUT2D eigenvalue weighted by molar-refractivity contribution is -0.137. The van der Waals surface area contributed by atoms with E-state index in [1.54, 1.807) is 14.2 Å². The van der Waals surface area contributed by atoms with Gasteiger partial charge >= 0.3 is 0 Å². The number of hydrogen-bond acceptors (Lipinski definition) is 5. The van der Waals surface area contributed by atoms with Crippen molar-refractivity contribution in [1.29, 1.82) is 0 Å². The Balaban J connectivity index is 1.46. The van der Waals surface area contributed by atoms with E-state index in [2.05, 4.69) is 34.1 Å². The molecule has 0 spiro atoms. The maximum atomic E-state index is 13.0. The van der Waals surface area contributed by atoms with Crippen molar-refractivity contribution in [3.05, 3.63) is 59.7 Å². The van der Waals surface area contributed by atoms with E-state index < -0.39 is 0 Å². The number of carbonyl (C=O) groups excluding carboxylic acids is 1. The SMILES string of the molecule is COc1ccc(CCN(C)[C@@H](C)C(=O)N2CCN(Cc3ccccc3)CC2)cc1OC. The number of likely N-dealkylation sites (N-methyl/N-ethyl adjacent to an activating group) is 1. The summed E-state index contributed by atoms with van der Waals surface area (Å²) >= 11 is 0. The summed E-state index contributed by atoms with van der Waals surface area (Å²) in [5, 5.41) is 0. The van der Waals surface area contributed by atoms with Crippen molar-refractivity contribution in [3.63, 3.8) is 0 Å². The Labute approximate surface area is 186 Å². The summed E-state index contributed by atoms with van der Waals surface area (Å²) in [6, 6.07) is 16.4. The zero-order valence-corrected chi connectivity index (χ0v) is 19.2. The van der Waals surface area contributed by atoms with Gasteiger partial charge in [-0.2, -0.15) is 0 Å². The molecule has 1 aliphatic heterocycles. The van der Waals surface area contributed by atoms with Crippen LogP contribution in [0.25, 0.3) is 0 Å². The maximum absolute atomic E-state index is 13.0. The number of nitrogens with zero attached hydrogens (tertiary/aromatic N) is 3. The number of carbonyl (C=O) groups is 1. The molecule has 2 aromatic rings. The van der Waals surface area contributed by atoms with Crippen LogP contribution >= 0.6 is 0 Å². The monoisotopic (exact) mass is 425 g/mol. The second kappa shape index (κ2) is 11.2. The first-order valence-corrected chi connectivity index (χ1v) is 11.0. The molecule has 6 heteroatoms. The molecular formula is C25H35N3O3. The average molecular weight is 426 g/mol. The summed E-state index contributed by atoms with van der Waals surface area (Å²) in [6.45, 7) is 7.18. The lowest BCUT2D eigenvalue weighted by Crippen LogP contribution is -2.53. The van der Waals surface area contributed by atoms with Crippen molar-refractivity contribution in [1.82, 2.24) is 14.7 Å². The summed E-state index contributed by atoms with van der Waals surface area (Å²) < 4.78 is 10.7. The second-order valence-corrected chi connectivity index (χ2v) is 8.18.